The molecule has 0 saturated heterocycles. The van der Waals surface area contributed by atoms with Gasteiger partial charge < -0.3 is 5.32 Å². The van der Waals surface area contributed by atoms with Gasteiger partial charge in [0.1, 0.15) is 0 Å². The van der Waals surface area contributed by atoms with Crippen LogP contribution in [0.2, 0.25) is 0 Å². The van der Waals surface area contributed by atoms with Gasteiger partial charge >= 0.3 is 0 Å². The molecule has 1 nitrogen and oxygen atoms in total. The molecule has 0 aromatic rings. The highest BCUT2D eigenvalue weighted by atomic mass is 14.8. The van der Waals surface area contributed by atoms with Gasteiger partial charge in [0.2, 0.25) is 0 Å². The van der Waals surface area contributed by atoms with Crippen molar-refractivity contribution in [1.82, 2.24) is 5.32 Å². The first-order valence-corrected chi connectivity index (χ1v) is 5.35. The summed E-state index contributed by atoms with van der Waals surface area (Å²) in [5, 5.41) is 3.39. The third kappa shape index (κ3) is 3.80. The molecule has 0 atom stereocenters. The van der Waals surface area contributed by atoms with Crippen LogP contribution < -0.4 is 5.32 Å². The average Bonchev–Trinajstić information content (AvgIpc) is 2.14. The van der Waals surface area contributed by atoms with Crippen LogP contribution in [0.15, 0.2) is 11.8 Å². The van der Waals surface area contributed by atoms with Gasteiger partial charge in [-0.25, -0.2) is 0 Å². The molecule has 12 heavy (non-hydrogen) atoms. The van der Waals surface area contributed by atoms with Gasteiger partial charge in [-0.3, -0.25) is 0 Å². The van der Waals surface area contributed by atoms with Crippen LogP contribution in [0.3, 0.4) is 0 Å². The second-order valence-electron chi connectivity index (χ2n) is 3.67. The van der Waals surface area contributed by atoms with E-state index in [2.05, 4.69) is 18.4 Å². The summed E-state index contributed by atoms with van der Waals surface area (Å²) in [7, 11) is 0. The molecule has 0 amide bonds. The van der Waals surface area contributed by atoms with Crippen molar-refractivity contribution >= 4 is 0 Å². The summed E-state index contributed by atoms with van der Waals surface area (Å²) in [6.07, 6.45) is 11.8. The van der Waals surface area contributed by atoms with Crippen LogP contribution in [0.1, 0.15) is 51.9 Å². The molecule has 1 fully saturated rings. The highest BCUT2D eigenvalue weighted by Gasteiger charge is 2.03. The van der Waals surface area contributed by atoms with Crippen molar-refractivity contribution in [3.63, 3.8) is 0 Å². The van der Waals surface area contributed by atoms with Crippen LogP contribution in [0.25, 0.3) is 0 Å². The molecule has 1 aliphatic carbocycles. The summed E-state index contributed by atoms with van der Waals surface area (Å²) in [5.41, 5.74) is 1.64. The van der Waals surface area contributed by atoms with Gasteiger partial charge in [-0.2, -0.15) is 0 Å². The highest BCUT2D eigenvalue weighted by molar-refractivity contribution is 5.02. The van der Waals surface area contributed by atoms with Crippen molar-refractivity contribution < 1.29 is 0 Å². The fraction of sp³-hybridized carbons (Fsp3) is 0.818. The molecule has 0 bridgehead atoms. The van der Waals surface area contributed by atoms with Crippen molar-refractivity contribution in [3.8, 4) is 0 Å². The zero-order chi connectivity index (χ0) is 8.65. The molecule has 0 unspecified atom stereocenters. The Hall–Kier alpha value is -0.460. The molecule has 0 spiro atoms. The third-order valence-corrected chi connectivity index (χ3v) is 2.48. The number of allylic oxidation sites excluding steroid dienone is 1. The van der Waals surface area contributed by atoms with Crippen LogP contribution in [0, 0.1) is 0 Å². The van der Waals surface area contributed by atoms with E-state index in [-0.39, 0.29) is 0 Å². The molecular formula is C11H21N. The maximum atomic E-state index is 3.39. The number of rotatable bonds is 4. The van der Waals surface area contributed by atoms with Gasteiger partial charge in [-0.1, -0.05) is 25.3 Å². The largest absolute Gasteiger partial charge is 0.391 e. The van der Waals surface area contributed by atoms with Gasteiger partial charge in [0.25, 0.3) is 0 Å². The monoisotopic (exact) mass is 167 g/mol. The van der Waals surface area contributed by atoms with Crippen LogP contribution in [-0.2, 0) is 0 Å². The fourth-order valence-electron chi connectivity index (χ4n) is 1.65. The Bertz CT molecular complexity index is 130. The first-order chi connectivity index (χ1) is 5.93. The summed E-state index contributed by atoms with van der Waals surface area (Å²) in [5.74, 6) is 0. The van der Waals surface area contributed by atoms with Gasteiger partial charge in [0.05, 0.1) is 0 Å². The van der Waals surface area contributed by atoms with E-state index in [1.54, 1.807) is 5.57 Å². The lowest BCUT2D eigenvalue weighted by molar-refractivity contribution is 0.591. The van der Waals surface area contributed by atoms with Crippen LogP contribution >= 0.6 is 0 Å². The summed E-state index contributed by atoms with van der Waals surface area (Å²) in [6, 6.07) is 0. The Labute approximate surface area is 76.2 Å². The number of hydrogen-bond donors (Lipinski definition) is 1. The number of nitrogens with one attached hydrogen (secondary N) is 1. The first kappa shape index (κ1) is 9.63. The predicted molar refractivity (Wildman–Crippen MR) is 54.1 cm³/mol. The molecule has 1 saturated carbocycles. The fourth-order valence-corrected chi connectivity index (χ4v) is 1.65. The molecule has 0 aromatic carbocycles. The minimum Gasteiger partial charge on any atom is -0.391 e. The summed E-state index contributed by atoms with van der Waals surface area (Å²) >= 11 is 0. The molecule has 0 radical (unpaired) electrons. The van der Waals surface area contributed by atoms with Crippen molar-refractivity contribution in [2.24, 2.45) is 0 Å². The Morgan fingerprint density at radius 2 is 2.00 bits per heavy atom. The van der Waals surface area contributed by atoms with E-state index >= 15 is 0 Å². The maximum absolute atomic E-state index is 3.39. The van der Waals surface area contributed by atoms with Crippen LogP contribution in [-0.4, -0.2) is 6.54 Å². The quantitative estimate of drug-likeness (QED) is 0.634. The summed E-state index contributed by atoms with van der Waals surface area (Å²) < 4.78 is 0. The highest BCUT2D eigenvalue weighted by Crippen LogP contribution is 2.21. The number of hydrogen-bond acceptors (Lipinski definition) is 1. The Morgan fingerprint density at radius 3 is 2.67 bits per heavy atom. The van der Waals surface area contributed by atoms with Crippen molar-refractivity contribution in [2.45, 2.75) is 51.9 Å². The molecule has 70 valence electrons. The molecule has 0 aliphatic heterocycles. The van der Waals surface area contributed by atoms with E-state index in [4.69, 9.17) is 0 Å². The van der Waals surface area contributed by atoms with E-state index < -0.39 is 0 Å². The van der Waals surface area contributed by atoms with Crippen molar-refractivity contribution in [1.29, 1.82) is 0 Å². The molecule has 1 aliphatic rings. The van der Waals surface area contributed by atoms with E-state index in [0.717, 1.165) is 6.54 Å². The molecule has 1 rings (SSSR count). The lowest BCUT2D eigenvalue weighted by atomic mass is 9.96. The molecule has 0 heterocycles. The van der Waals surface area contributed by atoms with Crippen LogP contribution in [0.4, 0.5) is 0 Å². The lowest BCUT2D eigenvalue weighted by Crippen LogP contribution is -2.08. The predicted octanol–water partition coefficient (Wildman–Crippen LogP) is 3.22. The third-order valence-electron chi connectivity index (χ3n) is 2.48. The lowest BCUT2D eigenvalue weighted by Gasteiger charge is -2.13. The van der Waals surface area contributed by atoms with Crippen molar-refractivity contribution in [3.05, 3.63) is 11.8 Å². The van der Waals surface area contributed by atoms with E-state index in [1.807, 2.05) is 0 Å². The normalized spacial score (nSPS) is 17.6. The first-order valence-electron chi connectivity index (χ1n) is 5.35. The number of unbranched alkanes of at least 4 members (excludes halogenated alkanes) is 1. The van der Waals surface area contributed by atoms with E-state index in [9.17, 15) is 0 Å². The van der Waals surface area contributed by atoms with E-state index in [0.29, 0.717) is 0 Å². The topological polar surface area (TPSA) is 12.0 Å². The van der Waals surface area contributed by atoms with Gasteiger partial charge in [0.15, 0.2) is 0 Å². The van der Waals surface area contributed by atoms with Gasteiger partial charge in [0, 0.05) is 6.54 Å². The standard InChI is InChI=1S/C11H21N/c1-2-3-9-12-10-11-7-5-4-6-8-11/h10,12H,2-9H2,1H3. The summed E-state index contributed by atoms with van der Waals surface area (Å²) in [4.78, 5) is 0. The Morgan fingerprint density at radius 1 is 1.25 bits per heavy atom. The summed E-state index contributed by atoms with van der Waals surface area (Å²) in [6.45, 7) is 3.38. The molecule has 1 N–H and O–H groups in total. The SMILES string of the molecule is CCCCNC=C1CCCCC1. The second-order valence-corrected chi connectivity index (χ2v) is 3.67. The van der Waals surface area contributed by atoms with Gasteiger partial charge in [-0.15, -0.1) is 0 Å². The molecular weight excluding hydrogens is 146 g/mol. The minimum atomic E-state index is 1.15. The van der Waals surface area contributed by atoms with Crippen LogP contribution in [0.5, 0.6) is 0 Å². The molecule has 1 heteroatoms. The van der Waals surface area contributed by atoms with E-state index in [1.165, 1.54) is 44.9 Å². The Balaban J connectivity index is 2.08. The molecule has 0 aromatic heterocycles. The minimum absolute atomic E-state index is 1.15. The second kappa shape index (κ2) is 6.10. The zero-order valence-electron chi connectivity index (χ0n) is 8.23. The van der Waals surface area contributed by atoms with Gasteiger partial charge in [-0.05, 0) is 38.3 Å². The maximum Gasteiger partial charge on any atom is 0.0141 e. The van der Waals surface area contributed by atoms with Crippen molar-refractivity contribution in [2.75, 3.05) is 6.54 Å². The zero-order valence-corrected chi connectivity index (χ0v) is 8.23. The Kier molecular flexibility index (Phi) is 4.89. The smallest absolute Gasteiger partial charge is 0.0141 e. The average molecular weight is 167 g/mol.